The fourth-order valence-corrected chi connectivity index (χ4v) is 5.07. The van der Waals surface area contributed by atoms with E-state index in [4.69, 9.17) is 0 Å². The molecule has 0 atom stereocenters. The number of rotatable bonds is 4. The van der Waals surface area contributed by atoms with Crippen molar-refractivity contribution in [3.8, 4) is 0 Å². The van der Waals surface area contributed by atoms with Crippen molar-refractivity contribution in [1.82, 2.24) is 9.29 Å². The van der Waals surface area contributed by atoms with Crippen LogP contribution >= 0.6 is 0 Å². The quantitative estimate of drug-likeness (QED) is 0.707. The van der Waals surface area contributed by atoms with Crippen molar-refractivity contribution in [3.05, 3.63) is 65.6 Å². The number of nitrogens with zero attached hydrogens (tertiary/aromatic N) is 2. The van der Waals surface area contributed by atoms with Crippen LogP contribution in [-0.2, 0) is 10.0 Å². The van der Waals surface area contributed by atoms with Gasteiger partial charge in [-0.15, -0.1) is 0 Å². The Morgan fingerprint density at radius 1 is 1.10 bits per heavy atom. The lowest BCUT2D eigenvalue weighted by Gasteiger charge is -2.16. The molecule has 2 aromatic carbocycles. The molecular formula is C21H20FN3O3S. The molecule has 2 heterocycles. The Morgan fingerprint density at radius 3 is 2.62 bits per heavy atom. The van der Waals surface area contributed by atoms with Gasteiger partial charge in [0.15, 0.2) is 0 Å². The summed E-state index contributed by atoms with van der Waals surface area (Å²) in [4.78, 5) is 17.3. The number of pyridine rings is 1. The van der Waals surface area contributed by atoms with Crippen LogP contribution in [0.4, 0.5) is 10.1 Å². The number of sulfonamides is 1. The first-order valence-corrected chi connectivity index (χ1v) is 10.8. The number of hydrogen-bond donors (Lipinski definition) is 1. The predicted octanol–water partition coefficient (Wildman–Crippen LogP) is 3.72. The van der Waals surface area contributed by atoms with E-state index in [0.29, 0.717) is 35.4 Å². The third kappa shape index (κ3) is 3.86. The van der Waals surface area contributed by atoms with E-state index in [2.05, 4.69) is 10.3 Å². The molecule has 1 amide bonds. The van der Waals surface area contributed by atoms with E-state index in [9.17, 15) is 17.6 Å². The van der Waals surface area contributed by atoms with Crippen LogP contribution in [0.3, 0.4) is 0 Å². The Labute approximate surface area is 168 Å². The molecule has 1 aromatic heterocycles. The maximum absolute atomic E-state index is 13.7. The molecule has 150 valence electrons. The molecule has 29 heavy (non-hydrogen) atoms. The summed E-state index contributed by atoms with van der Waals surface area (Å²) in [6, 6.07) is 11.8. The summed E-state index contributed by atoms with van der Waals surface area (Å²) < 4.78 is 40.7. The summed E-state index contributed by atoms with van der Waals surface area (Å²) in [6.45, 7) is 2.76. The van der Waals surface area contributed by atoms with Gasteiger partial charge in [-0.25, -0.2) is 12.8 Å². The Kier molecular flexibility index (Phi) is 5.06. The standard InChI is InChI=1S/C21H20FN3O3S/c1-14-11-20(18-13-16(22)7-8-19(18)23-14)24-21(26)15-5-4-6-17(12-15)29(27,28)25-9-2-3-10-25/h4-8,11-13H,2-3,9-10H2,1H3,(H,23,24,26). The van der Waals surface area contributed by atoms with Gasteiger partial charge in [-0.1, -0.05) is 6.07 Å². The van der Waals surface area contributed by atoms with Crippen LogP contribution in [-0.4, -0.2) is 36.7 Å². The first kappa shape index (κ1) is 19.5. The first-order valence-electron chi connectivity index (χ1n) is 9.33. The van der Waals surface area contributed by atoms with Crippen molar-refractivity contribution in [2.75, 3.05) is 18.4 Å². The van der Waals surface area contributed by atoms with E-state index in [1.54, 1.807) is 31.2 Å². The summed E-state index contributed by atoms with van der Waals surface area (Å²) in [7, 11) is -3.62. The topological polar surface area (TPSA) is 79.4 Å². The van der Waals surface area contributed by atoms with Crippen molar-refractivity contribution in [3.63, 3.8) is 0 Å². The minimum Gasteiger partial charge on any atom is -0.321 e. The van der Waals surface area contributed by atoms with Gasteiger partial charge in [0, 0.05) is 29.7 Å². The molecule has 0 aliphatic carbocycles. The van der Waals surface area contributed by atoms with Gasteiger partial charge >= 0.3 is 0 Å². The van der Waals surface area contributed by atoms with Crippen LogP contribution in [0, 0.1) is 12.7 Å². The highest BCUT2D eigenvalue weighted by Crippen LogP contribution is 2.26. The zero-order valence-electron chi connectivity index (χ0n) is 15.9. The number of aromatic nitrogens is 1. The number of aryl methyl sites for hydroxylation is 1. The summed E-state index contributed by atoms with van der Waals surface area (Å²) in [5.41, 5.74) is 1.87. The second kappa shape index (κ2) is 7.53. The molecule has 0 spiro atoms. The van der Waals surface area contributed by atoms with E-state index in [0.717, 1.165) is 12.8 Å². The van der Waals surface area contributed by atoms with E-state index in [1.807, 2.05) is 0 Å². The average molecular weight is 413 g/mol. The number of nitrogens with one attached hydrogen (secondary N) is 1. The highest BCUT2D eigenvalue weighted by atomic mass is 32.2. The summed E-state index contributed by atoms with van der Waals surface area (Å²) in [5.74, 6) is -0.906. The molecule has 1 N–H and O–H groups in total. The maximum Gasteiger partial charge on any atom is 0.255 e. The molecule has 3 aromatic rings. The lowest BCUT2D eigenvalue weighted by molar-refractivity contribution is 0.102. The largest absolute Gasteiger partial charge is 0.321 e. The third-order valence-electron chi connectivity index (χ3n) is 4.95. The van der Waals surface area contributed by atoms with Crippen molar-refractivity contribution >= 4 is 32.5 Å². The summed E-state index contributed by atoms with van der Waals surface area (Å²) in [5, 5.41) is 3.24. The Morgan fingerprint density at radius 2 is 1.86 bits per heavy atom. The summed E-state index contributed by atoms with van der Waals surface area (Å²) in [6.07, 6.45) is 1.68. The minimum absolute atomic E-state index is 0.0915. The van der Waals surface area contributed by atoms with E-state index in [-0.39, 0.29) is 10.5 Å². The number of halogens is 1. The SMILES string of the molecule is Cc1cc(NC(=O)c2cccc(S(=O)(=O)N3CCCC3)c2)c2cc(F)ccc2n1. The third-order valence-corrected chi connectivity index (χ3v) is 6.84. The smallest absolute Gasteiger partial charge is 0.255 e. The fourth-order valence-electron chi connectivity index (χ4n) is 3.50. The van der Waals surface area contributed by atoms with Gasteiger partial charge < -0.3 is 5.32 Å². The molecule has 8 heteroatoms. The highest BCUT2D eigenvalue weighted by Gasteiger charge is 2.27. The number of carbonyl (C=O) groups is 1. The first-order chi connectivity index (χ1) is 13.8. The predicted molar refractivity (Wildman–Crippen MR) is 109 cm³/mol. The van der Waals surface area contributed by atoms with Crippen LogP contribution < -0.4 is 5.32 Å². The van der Waals surface area contributed by atoms with Crippen molar-refractivity contribution < 1.29 is 17.6 Å². The van der Waals surface area contributed by atoms with Gasteiger partial charge in [-0.2, -0.15) is 4.31 Å². The molecule has 1 aliphatic rings. The number of anilines is 1. The van der Waals surface area contributed by atoms with Crippen LogP contribution in [0.25, 0.3) is 10.9 Å². The molecular weight excluding hydrogens is 393 g/mol. The van der Waals surface area contributed by atoms with Gasteiger partial charge in [0.05, 0.1) is 16.1 Å². The molecule has 4 rings (SSSR count). The zero-order chi connectivity index (χ0) is 20.6. The van der Waals surface area contributed by atoms with Crippen molar-refractivity contribution in [1.29, 1.82) is 0 Å². The van der Waals surface area contributed by atoms with Crippen molar-refractivity contribution in [2.24, 2.45) is 0 Å². The van der Waals surface area contributed by atoms with Crippen LogP contribution in [0.2, 0.25) is 0 Å². The van der Waals surface area contributed by atoms with E-state index in [1.165, 1.54) is 28.6 Å². The van der Waals surface area contributed by atoms with Gasteiger partial charge in [-0.05, 0) is 62.2 Å². The Hall–Kier alpha value is -2.84. The van der Waals surface area contributed by atoms with Gasteiger partial charge in [0.2, 0.25) is 10.0 Å². The number of fused-ring (bicyclic) bond motifs is 1. The molecule has 1 fully saturated rings. The zero-order valence-corrected chi connectivity index (χ0v) is 16.7. The van der Waals surface area contributed by atoms with Crippen LogP contribution in [0.1, 0.15) is 28.9 Å². The highest BCUT2D eigenvalue weighted by molar-refractivity contribution is 7.89. The number of amides is 1. The minimum atomic E-state index is -3.62. The molecule has 1 aliphatic heterocycles. The van der Waals surface area contributed by atoms with Crippen molar-refractivity contribution in [2.45, 2.75) is 24.7 Å². The monoisotopic (exact) mass is 413 g/mol. The molecule has 0 bridgehead atoms. The number of benzene rings is 2. The molecule has 0 radical (unpaired) electrons. The van der Waals surface area contributed by atoms with Crippen LogP contribution in [0.15, 0.2) is 53.4 Å². The molecule has 0 unspecified atom stereocenters. The Bertz CT molecular complexity index is 1210. The van der Waals surface area contributed by atoms with Gasteiger partial charge in [-0.3, -0.25) is 9.78 Å². The number of hydrogen-bond acceptors (Lipinski definition) is 4. The lowest BCUT2D eigenvalue weighted by atomic mass is 10.1. The molecule has 1 saturated heterocycles. The average Bonchev–Trinajstić information content (AvgIpc) is 3.24. The number of carbonyl (C=O) groups excluding carboxylic acids is 1. The molecule has 0 saturated carbocycles. The maximum atomic E-state index is 13.7. The normalized spacial score (nSPS) is 15.0. The second-order valence-corrected chi connectivity index (χ2v) is 9.00. The molecule has 6 nitrogen and oxygen atoms in total. The summed E-state index contributed by atoms with van der Waals surface area (Å²) >= 11 is 0. The Balaban J connectivity index is 1.66. The lowest BCUT2D eigenvalue weighted by Crippen LogP contribution is -2.28. The van der Waals surface area contributed by atoms with Gasteiger partial charge in [0.25, 0.3) is 5.91 Å². The fraction of sp³-hybridized carbons (Fsp3) is 0.238. The van der Waals surface area contributed by atoms with E-state index >= 15 is 0 Å². The second-order valence-electron chi connectivity index (χ2n) is 7.07. The van der Waals surface area contributed by atoms with Gasteiger partial charge in [0.1, 0.15) is 5.82 Å². The van der Waals surface area contributed by atoms with E-state index < -0.39 is 21.7 Å². The van der Waals surface area contributed by atoms with Crippen LogP contribution in [0.5, 0.6) is 0 Å².